The minimum Gasteiger partial charge on any atom is -0.496 e. The fraction of sp³-hybridized carbons (Fsp3) is 0.519. The van der Waals surface area contributed by atoms with E-state index in [1.807, 2.05) is 19.9 Å². The predicted molar refractivity (Wildman–Crippen MR) is 127 cm³/mol. The van der Waals surface area contributed by atoms with E-state index < -0.39 is 0 Å². The minimum atomic E-state index is 0.0110. The monoisotopic (exact) mass is 422 g/mol. The molecule has 0 spiro atoms. The van der Waals surface area contributed by atoms with Crippen LogP contribution in [0.5, 0.6) is 5.75 Å². The molecular weight excluding hydrogens is 384 g/mol. The second-order valence-corrected chi connectivity index (χ2v) is 9.53. The van der Waals surface area contributed by atoms with Crippen molar-refractivity contribution >= 4 is 5.91 Å². The number of aryl methyl sites for hydroxylation is 1. The van der Waals surface area contributed by atoms with Gasteiger partial charge >= 0.3 is 0 Å². The van der Waals surface area contributed by atoms with Crippen molar-refractivity contribution in [2.45, 2.75) is 53.1 Å². The summed E-state index contributed by atoms with van der Waals surface area (Å²) in [7, 11) is 1.75. The van der Waals surface area contributed by atoms with Crippen LogP contribution in [0.25, 0.3) is 0 Å². The van der Waals surface area contributed by atoms with E-state index in [9.17, 15) is 4.79 Å². The third-order valence-corrected chi connectivity index (χ3v) is 6.38. The lowest BCUT2D eigenvalue weighted by Crippen LogP contribution is -2.43. The fourth-order valence-corrected chi connectivity index (χ4v) is 4.81. The fourth-order valence-electron chi connectivity index (χ4n) is 4.81. The topological polar surface area (TPSA) is 32.8 Å². The van der Waals surface area contributed by atoms with Crippen molar-refractivity contribution in [1.82, 2.24) is 9.80 Å². The second kappa shape index (κ2) is 10.3. The van der Waals surface area contributed by atoms with E-state index in [4.69, 9.17) is 4.74 Å². The highest BCUT2D eigenvalue weighted by Gasteiger charge is 2.37. The van der Waals surface area contributed by atoms with Crippen LogP contribution in [0.3, 0.4) is 0 Å². The first kappa shape index (κ1) is 23.3. The molecule has 1 amide bonds. The number of likely N-dealkylation sites (tertiary alicyclic amines) is 1. The van der Waals surface area contributed by atoms with Gasteiger partial charge in [-0.1, -0.05) is 61.9 Å². The number of amides is 1. The zero-order valence-electron chi connectivity index (χ0n) is 20.0. The van der Waals surface area contributed by atoms with Gasteiger partial charge in [-0.15, -0.1) is 0 Å². The summed E-state index contributed by atoms with van der Waals surface area (Å²) in [5, 5.41) is 0. The largest absolute Gasteiger partial charge is 0.496 e. The maximum Gasteiger partial charge on any atom is 0.225 e. The molecule has 3 rings (SSSR count). The summed E-state index contributed by atoms with van der Waals surface area (Å²) in [6.07, 6.45) is 0. The third-order valence-electron chi connectivity index (χ3n) is 6.38. The van der Waals surface area contributed by atoms with Crippen LogP contribution in [0.4, 0.5) is 0 Å². The smallest absolute Gasteiger partial charge is 0.225 e. The van der Waals surface area contributed by atoms with Gasteiger partial charge in [0, 0.05) is 44.1 Å². The molecule has 31 heavy (non-hydrogen) atoms. The summed E-state index contributed by atoms with van der Waals surface area (Å²) >= 11 is 0. The van der Waals surface area contributed by atoms with Gasteiger partial charge in [-0.25, -0.2) is 0 Å². The lowest BCUT2D eigenvalue weighted by Gasteiger charge is -2.33. The maximum atomic E-state index is 12.9. The van der Waals surface area contributed by atoms with Crippen LogP contribution >= 0.6 is 0 Å². The van der Waals surface area contributed by atoms with Gasteiger partial charge in [0.15, 0.2) is 0 Å². The van der Waals surface area contributed by atoms with Crippen molar-refractivity contribution in [3.63, 3.8) is 0 Å². The summed E-state index contributed by atoms with van der Waals surface area (Å²) in [5.41, 5.74) is 3.89. The number of rotatable bonds is 8. The first-order chi connectivity index (χ1) is 14.8. The molecule has 0 bridgehead atoms. The van der Waals surface area contributed by atoms with Gasteiger partial charge < -0.3 is 9.64 Å². The van der Waals surface area contributed by atoms with Crippen LogP contribution in [0, 0.1) is 18.8 Å². The van der Waals surface area contributed by atoms with Gasteiger partial charge in [0.05, 0.1) is 7.11 Å². The predicted octanol–water partition coefficient (Wildman–Crippen LogP) is 5.11. The molecule has 0 radical (unpaired) electrons. The third kappa shape index (κ3) is 5.68. The summed E-state index contributed by atoms with van der Waals surface area (Å²) < 4.78 is 5.71. The molecule has 2 aromatic rings. The number of carbonyl (C=O) groups is 1. The average molecular weight is 423 g/mol. The van der Waals surface area contributed by atoms with Gasteiger partial charge in [-0.2, -0.15) is 0 Å². The number of para-hydroxylation sites is 1. The highest BCUT2D eigenvalue weighted by Crippen LogP contribution is 2.38. The van der Waals surface area contributed by atoms with E-state index in [1.165, 1.54) is 16.7 Å². The Morgan fingerprint density at radius 3 is 2.48 bits per heavy atom. The molecule has 2 aromatic carbocycles. The molecule has 1 fully saturated rings. The van der Waals surface area contributed by atoms with Crippen LogP contribution in [-0.2, 0) is 11.3 Å². The lowest BCUT2D eigenvalue weighted by molar-refractivity contribution is -0.136. The van der Waals surface area contributed by atoms with E-state index >= 15 is 0 Å². The number of hydrogen-bond donors (Lipinski definition) is 0. The zero-order chi connectivity index (χ0) is 22.5. The highest BCUT2D eigenvalue weighted by atomic mass is 16.5. The molecule has 2 unspecified atom stereocenters. The van der Waals surface area contributed by atoms with E-state index in [2.05, 4.69) is 73.0 Å². The van der Waals surface area contributed by atoms with Crippen LogP contribution < -0.4 is 4.74 Å². The van der Waals surface area contributed by atoms with Crippen LogP contribution in [-0.4, -0.2) is 48.5 Å². The first-order valence-electron chi connectivity index (χ1n) is 11.5. The normalized spacial score (nSPS) is 19.2. The van der Waals surface area contributed by atoms with Crippen molar-refractivity contribution in [3.05, 3.63) is 65.2 Å². The first-order valence-corrected chi connectivity index (χ1v) is 11.5. The van der Waals surface area contributed by atoms with E-state index in [0.717, 1.165) is 31.9 Å². The molecule has 0 N–H and O–H groups in total. The average Bonchev–Trinajstić information content (AvgIpc) is 3.13. The van der Waals surface area contributed by atoms with Gasteiger partial charge in [-0.3, -0.25) is 9.69 Å². The molecular formula is C27H38N2O2. The Labute approximate surface area is 188 Å². The van der Waals surface area contributed by atoms with Crippen LogP contribution in [0.15, 0.2) is 48.5 Å². The second-order valence-electron chi connectivity index (χ2n) is 9.53. The number of nitrogens with zero attached hydrogens (tertiary/aromatic N) is 2. The Morgan fingerprint density at radius 1 is 1.10 bits per heavy atom. The Balaban J connectivity index is 1.88. The Kier molecular flexibility index (Phi) is 7.77. The molecule has 4 nitrogen and oxygen atoms in total. The van der Waals surface area contributed by atoms with E-state index in [0.29, 0.717) is 11.8 Å². The van der Waals surface area contributed by atoms with Crippen molar-refractivity contribution in [3.8, 4) is 5.75 Å². The highest BCUT2D eigenvalue weighted by molar-refractivity contribution is 5.78. The number of carbonyl (C=O) groups excluding carboxylic acids is 1. The molecule has 0 aromatic heterocycles. The van der Waals surface area contributed by atoms with Crippen molar-refractivity contribution < 1.29 is 9.53 Å². The van der Waals surface area contributed by atoms with Crippen molar-refractivity contribution in [2.75, 3.05) is 26.7 Å². The number of hydrogen-bond acceptors (Lipinski definition) is 3. The molecule has 0 saturated carbocycles. The van der Waals surface area contributed by atoms with Crippen molar-refractivity contribution in [2.24, 2.45) is 11.8 Å². The summed E-state index contributed by atoms with van der Waals surface area (Å²) in [6.45, 7) is 14.0. The molecule has 168 valence electrons. The molecule has 2 atom stereocenters. The maximum absolute atomic E-state index is 12.9. The van der Waals surface area contributed by atoms with E-state index in [-0.39, 0.29) is 17.9 Å². The summed E-state index contributed by atoms with van der Waals surface area (Å²) in [5.74, 6) is 1.90. The van der Waals surface area contributed by atoms with Crippen LogP contribution in [0.2, 0.25) is 0 Å². The molecule has 0 aliphatic carbocycles. The van der Waals surface area contributed by atoms with Gasteiger partial charge in [0.25, 0.3) is 0 Å². The lowest BCUT2D eigenvalue weighted by atomic mass is 9.87. The minimum absolute atomic E-state index is 0.0110. The van der Waals surface area contributed by atoms with Crippen molar-refractivity contribution in [1.29, 1.82) is 0 Å². The molecule has 1 heterocycles. The van der Waals surface area contributed by atoms with Crippen LogP contribution in [0.1, 0.15) is 50.3 Å². The number of methoxy groups -OCH3 is 1. The van der Waals surface area contributed by atoms with E-state index in [1.54, 1.807) is 7.11 Å². The number of ether oxygens (including phenoxy) is 1. The van der Waals surface area contributed by atoms with Gasteiger partial charge in [0.2, 0.25) is 5.91 Å². The molecule has 1 aliphatic rings. The Morgan fingerprint density at radius 2 is 1.84 bits per heavy atom. The molecule has 4 heteroatoms. The van der Waals surface area contributed by atoms with Gasteiger partial charge in [-0.05, 0) is 43.9 Å². The quantitative estimate of drug-likeness (QED) is 0.592. The SMILES string of the molecule is COc1ccccc1C1CN(Cc2cccc(C)c2)CC1CN(C(=O)C(C)C)C(C)C. The number of benzene rings is 2. The molecule has 1 aliphatic heterocycles. The Hall–Kier alpha value is -2.33. The standard InChI is InChI=1S/C27H38N2O2/c1-19(2)27(30)29(20(3)4)17-23-16-28(15-22-11-9-10-21(5)14-22)18-25(23)24-12-7-8-13-26(24)31-6/h7-14,19-20,23,25H,15-18H2,1-6H3. The zero-order valence-corrected chi connectivity index (χ0v) is 20.0. The summed E-state index contributed by atoms with van der Waals surface area (Å²) in [4.78, 5) is 17.6. The molecule has 1 saturated heterocycles. The summed E-state index contributed by atoms with van der Waals surface area (Å²) in [6, 6.07) is 17.3. The van der Waals surface area contributed by atoms with Gasteiger partial charge in [0.1, 0.15) is 5.75 Å². The Bertz CT molecular complexity index is 877.